The van der Waals surface area contributed by atoms with E-state index in [9.17, 15) is 0 Å². The molecule has 1 N–H and O–H groups in total. The van der Waals surface area contributed by atoms with E-state index in [0.29, 0.717) is 11.9 Å². The molecule has 0 aliphatic carbocycles. The van der Waals surface area contributed by atoms with Crippen molar-refractivity contribution in [1.29, 1.82) is 0 Å². The standard InChI is InChI=1S/C12H17N7/c1-9-5-8-19(17-9)12-15-10(13-2)14-11(16-12)18-6-3-4-7-18/h5,8H,3-4,6-7H2,1-2H3,(H,13,14,15,16). The molecule has 0 unspecified atom stereocenters. The Morgan fingerprint density at radius 2 is 1.84 bits per heavy atom. The normalized spacial score (nSPS) is 14.9. The lowest BCUT2D eigenvalue weighted by Gasteiger charge is -2.16. The fraction of sp³-hybridized carbons (Fsp3) is 0.500. The van der Waals surface area contributed by atoms with E-state index < -0.39 is 0 Å². The highest BCUT2D eigenvalue weighted by Crippen LogP contribution is 2.18. The van der Waals surface area contributed by atoms with Crippen LogP contribution in [-0.2, 0) is 0 Å². The highest BCUT2D eigenvalue weighted by molar-refractivity contribution is 5.40. The van der Waals surface area contributed by atoms with Crippen LogP contribution in [0.4, 0.5) is 11.9 Å². The van der Waals surface area contributed by atoms with Crippen LogP contribution in [0.1, 0.15) is 18.5 Å². The highest BCUT2D eigenvalue weighted by Gasteiger charge is 2.17. The molecule has 1 fully saturated rings. The van der Waals surface area contributed by atoms with Crippen molar-refractivity contribution in [3.05, 3.63) is 18.0 Å². The van der Waals surface area contributed by atoms with Crippen LogP contribution >= 0.6 is 0 Å². The third-order valence-electron chi connectivity index (χ3n) is 3.15. The van der Waals surface area contributed by atoms with Crippen molar-refractivity contribution in [3.63, 3.8) is 0 Å². The average molecular weight is 259 g/mol. The molecule has 0 aromatic carbocycles. The smallest absolute Gasteiger partial charge is 0.257 e. The molecule has 1 saturated heterocycles. The van der Waals surface area contributed by atoms with Crippen molar-refractivity contribution in [3.8, 4) is 5.95 Å². The Morgan fingerprint density at radius 1 is 1.11 bits per heavy atom. The van der Waals surface area contributed by atoms with Gasteiger partial charge in [0, 0.05) is 26.3 Å². The van der Waals surface area contributed by atoms with E-state index >= 15 is 0 Å². The largest absolute Gasteiger partial charge is 0.357 e. The number of nitrogens with one attached hydrogen (secondary N) is 1. The summed E-state index contributed by atoms with van der Waals surface area (Å²) >= 11 is 0. The van der Waals surface area contributed by atoms with Crippen molar-refractivity contribution in [2.45, 2.75) is 19.8 Å². The lowest BCUT2D eigenvalue weighted by molar-refractivity contribution is 0.773. The molecule has 0 amide bonds. The van der Waals surface area contributed by atoms with Crippen molar-refractivity contribution in [2.24, 2.45) is 0 Å². The summed E-state index contributed by atoms with van der Waals surface area (Å²) in [5.41, 5.74) is 0.939. The molecule has 19 heavy (non-hydrogen) atoms. The fourth-order valence-corrected chi connectivity index (χ4v) is 2.15. The zero-order chi connectivity index (χ0) is 13.2. The summed E-state index contributed by atoms with van der Waals surface area (Å²) in [6.07, 6.45) is 4.24. The molecule has 3 rings (SSSR count). The molecule has 3 heterocycles. The minimum absolute atomic E-state index is 0.550. The van der Waals surface area contributed by atoms with Crippen molar-refractivity contribution in [2.75, 3.05) is 30.4 Å². The Bertz CT molecular complexity index is 571. The number of aryl methyl sites for hydroxylation is 1. The van der Waals surface area contributed by atoms with Gasteiger partial charge in [0.25, 0.3) is 5.95 Å². The van der Waals surface area contributed by atoms with Crippen molar-refractivity contribution < 1.29 is 0 Å². The highest BCUT2D eigenvalue weighted by atomic mass is 15.4. The third kappa shape index (κ3) is 2.35. The topological polar surface area (TPSA) is 71.8 Å². The van der Waals surface area contributed by atoms with Crippen LogP contribution in [0, 0.1) is 6.92 Å². The maximum atomic E-state index is 4.51. The molecule has 1 aliphatic heterocycles. The number of hydrogen-bond donors (Lipinski definition) is 1. The third-order valence-corrected chi connectivity index (χ3v) is 3.15. The molecule has 2 aromatic rings. The Hall–Kier alpha value is -2.18. The molecule has 0 bridgehead atoms. The summed E-state index contributed by atoms with van der Waals surface area (Å²) in [6, 6.07) is 1.93. The van der Waals surface area contributed by atoms with Crippen molar-refractivity contribution >= 4 is 11.9 Å². The van der Waals surface area contributed by atoms with Gasteiger partial charge in [0.1, 0.15) is 0 Å². The number of aromatic nitrogens is 5. The van der Waals surface area contributed by atoms with E-state index in [2.05, 4.69) is 30.3 Å². The SMILES string of the molecule is CNc1nc(N2CCCC2)nc(-n2ccc(C)n2)n1. The first kappa shape index (κ1) is 11.9. The summed E-state index contributed by atoms with van der Waals surface area (Å²) in [6.45, 7) is 3.95. The molecule has 0 radical (unpaired) electrons. The second-order valence-electron chi connectivity index (χ2n) is 4.60. The lowest BCUT2D eigenvalue weighted by atomic mass is 10.4. The minimum atomic E-state index is 0.550. The molecule has 0 atom stereocenters. The first-order valence-corrected chi connectivity index (χ1v) is 6.48. The summed E-state index contributed by atoms with van der Waals surface area (Å²) in [5.74, 6) is 1.84. The van der Waals surface area contributed by atoms with Gasteiger partial charge in [-0.3, -0.25) is 0 Å². The van der Waals surface area contributed by atoms with Gasteiger partial charge in [-0.05, 0) is 25.8 Å². The molecule has 0 saturated carbocycles. The molecule has 7 nitrogen and oxygen atoms in total. The van der Waals surface area contributed by atoms with Crippen LogP contribution in [-0.4, -0.2) is 44.9 Å². The van der Waals surface area contributed by atoms with Gasteiger partial charge in [-0.25, -0.2) is 4.68 Å². The summed E-state index contributed by atoms with van der Waals surface area (Å²) in [5, 5.41) is 7.32. The Balaban J connectivity index is 2.01. The zero-order valence-corrected chi connectivity index (χ0v) is 11.2. The second-order valence-corrected chi connectivity index (χ2v) is 4.60. The molecular weight excluding hydrogens is 242 g/mol. The quantitative estimate of drug-likeness (QED) is 0.887. The van der Waals surface area contributed by atoms with Crippen LogP contribution in [0.15, 0.2) is 12.3 Å². The summed E-state index contributed by atoms with van der Waals surface area (Å²) < 4.78 is 1.68. The van der Waals surface area contributed by atoms with E-state index in [-0.39, 0.29) is 0 Å². The lowest BCUT2D eigenvalue weighted by Crippen LogP contribution is -2.22. The van der Waals surface area contributed by atoms with Gasteiger partial charge >= 0.3 is 0 Å². The first-order chi connectivity index (χ1) is 9.26. The van der Waals surface area contributed by atoms with Gasteiger partial charge in [-0.2, -0.15) is 20.1 Å². The van der Waals surface area contributed by atoms with Crippen LogP contribution < -0.4 is 10.2 Å². The molecule has 100 valence electrons. The zero-order valence-electron chi connectivity index (χ0n) is 11.2. The van der Waals surface area contributed by atoms with Crippen LogP contribution in [0.25, 0.3) is 5.95 Å². The van der Waals surface area contributed by atoms with Gasteiger partial charge in [-0.15, -0.1) is 0 Å². The fourth-order valence-electron chi connectivity index (χ4n) is 2.15. The maximum absolute atomic E-state index is 4.51. The van der Waals surface area contributed by atoms with E-state index in [1.165, 1.54) is 12.8 Å². The van der Waals surface area contributed by atoms with E-state index in [0.717, 1.165) is 24.7 Å². The summed E-state index contributed by atoms with van der Waals surface area (Å²) in [4.78, 5) is 15.5. The van der Waals surface area contributed by atoms with E-state index in [1.54, 1.807) is 11.7 Å². The Kier molecular flexibility index (Phi) is 3.02. The maximum Gasteiger partial charge on any atom is 0.257 e. The number of rotatable bonds is 3. The van der Waals surface area contributed by atoms with E-state index in [1.807, 2.05) is 19.2 Å². The molecular formula is C12H17N7. The van der Waals surface area contributed by atoms with Crippen molar-refractivity contribution in [1.82, 2.24) is 24.7 Å². The average Bonchev–Trinajstić information content (AvgIpc) is 3.09. The summed E-state index contributed by atoms with van der Waals surface area (Å²) in [7, 11) is 1.81. The van der Waals surface area contributed by atoms with Crippen LogP contribution in [0.3, 0.4) is 0 Å². The van der Waals surface area contributed by atoms with Gasteiger partial charge in [0.2, 0.25) is 11.9 Å². The minimum Gasteiger partial charge on any atom is -0.357 e. The molecule has 1 aliphatic rings. The number of nitrogens with zero attached hydrogens (tertiary/aromatic N) is 6. The first-order valence-electron chi connectivity index (χ1n) is 6.48. The van der Waals surface area contributed by atoms with Gasteiger partial charge < -0.3 is 10.2 Å². The Labute approximate surface area is 111 Å². The predicted molar refractivity (Wildman–Crippen MR) is 72.7 cm³/mol. The van der Waals surface area contributed by atoms with Gasteiger partial charge in [0.05, 0.1) is 5.69 Å². The predicted octanol–water partition coefficient (Wildman–Crippen LogP) is 1.01. The molecule has 0 spiro atoms. The monoisotopic (exact) mass is 259 g/mol. The van der Waals surface area contributed by atoms with Crippen LogP contribution in [0.5, 0.6) is 0 Å². The number of hydrogen-bond acceptors (Lipinski definition) is 6. The molecule has 7 heteroatoms. The second kappa shape index (κ2) is 4.83. The van der Waals surface area contributed by atoms with Gasteiger partial charge in [0.15, 0.2) is 0 Å². The van der Waals surface area contributed by atoms with Crippen LogP contribution in [0.2, 0.25) is 0 Å². The molecule has 2 aromatic heterocycles. The van der Waals surface area contributed by atoms with E-state index in [4.69, 9.17) is 0 Å². The number of anilines is 2. The van der Waals surface area contributed by atoms with Gasteiger partial charge in [-0.1, -0.05) is 0 Å². The Morgan fingerprint density at radius 3 is 2.47 bits per heavy atom.